The summed E-state index contributed by atoms with van der Waals surface area (Å²) in [7, 11) is 3.83. The van der Waals surface area contributed by atoms with Crippen molar-refractivity contribution in [1.29, 1.82) is 0 Å². The molecule has 1 N–H and O–H groups in total. The van der Waals surface area contributed by atoms with Gasteiger partial charge in [0, 0.05) is 32.6 Å². The Bertz CT molecular complexity index is 778. The topological polar surface area (TPSA) is 61.4 Å². The van der Waals surface area contributed by atoms with Crippen LogP contribution in [0.25, 0.3) is 0 Å². The second-order valence-corrected chi connectivity index (χ2v) is 6.00. The molecule has 2 heterocycles. The third kappa shape index (κ3) is 3.15. The Hall–Kier alpha value is -2.70. The minimum atomic E-state index is -0.448. The molecule has 0 spiro atoms. The van der Waals surface area contributed by atoms with Gasteiger partial charge in [0.2, 0.25) is 0 Å². The summed E-state index contributed by atoms with van der Waals surface area (Å²) >= 11 is 0. The molecule has 0 fully saturated rings. The fourth-order valence-electron chi connectivity index (χ4n) is 2.82. The van der Waals surface area contributed by atoms with E-state index in [0.717, 1.165) is 22.9 Å². The van der Waals surface area contributed by atoms with Gasteiger partial charge < -0.3 is 15.1 Å². The maximum atomic E-state index is 13.7. The van der Waals surface area contributed by atoms with E-state index in [1.807, 2.05) is 25.9 Å². The van der Waals surface area contributed by atoms with Gasteiger partial charge in [-0.1, -0.05) is 12.1 Å². The molecule has 2 amide bonds. The van der Waals surface area contributed by atoms with Crippen molar-refractivity contribution in [1.82, 2.24) is 14.9 Å². The van der Waals surface area contributed by atoms with Crippen LogP contribution < -0.4 is 10.2 Å². The van der Waals surface area contributed by atoms with E-state index in [1.54, 1.807) is 23.1 Å². The highest BCUT2D eigenvalue weighted by Gasteiger charge is 2.26. The highest BCUT2D eigenvalue weighted by Crippen LogP contribution is 2.26. The molecule has 126 valence electrons. The van der Waals surface area contributed by atoms with E-state index in [4.69, 9.17) is 0 Å². The maximum Gasteiger partial charge on any atom is 0.322 e. The summed E-state index contributed by atoms with van der Waals surface area (Å²) in [6, 6.07) is 5.82. The number of hydrogen-bond donors (Lipinski definition) is 1. The van der Waals surface area contributed by atoms with E-state index < -0.39 is 5.82 Å². The van der Waals surface area contributed by atoms with Crippen LogP contribution in [0.3, 0.4) is 0 Å². The van der Waals surface area contributed by atoms with Crippen molar-refractivity contribution >= 4 is 17.5 Å². The van der Waals surface area contributed by atoms with Crippen LogP contribution in [0.5, 0.6) is 0 Å². The normalized spacial score (nSPS) is 13.4. The lowest BCUT2D eigenvalue weighted by atomic mass is 10.1. The lowest BCUT2D eigenvalue weighted by Crippen LogP contribution is -2.40. The molecule has 1 aliphatic heterocycles. The zero-order chi connectivity index (χ0) is 17.3. The number of aromatic nitrogens is 2. The molecule has 1 aliphatic rings. The van der Waals surface area contributed by atoms with Crippen molar-refractivity contribution in [2.75, 3.05) is 30.9 Å². The van der Waals surface area contributed by atoms with Crippen LogP contribution in [0.1, 0.15) is 17.1 Å². The number of halogens is 1. The van der Waals surface area contributed by atoms with Crippen molar-refractivity contribution in [3.63, 3.8) is 0 Å². The summed E-state index contributed by atoms with van der Waals surface area (Å²) in [5.41, 5.74) is 2.10. The van der Waals surface area contributed by atoms with Crippen molar-refractivity contribution in [3.05, 3.63) is 47.2 Å². The lowest BCUT2D eigenvalue weighted by Gasteiger charge is -2.31. The van der Waals surface area contributed by atoms with Gasteiger partial charge in [0.05, 0.1) is 17.9 Å². The standard InChI is InChI=1S/C17H20FN5O/c1-11-19-14-8-9-23(10-12(14)16(20-11)22(2)3)17(24)21-15-7-5-4-6-13(15)18/h4-7H,8-10H2,1-3H3,(H,21,24). The Morgan fingerprint density at radius 1 is 1.29 bits per heavy atom. The summed E-state index contributed by atoms with van der Waals surface area (Å²) in [6.07, 6.45) is 0.657. The van der Waals surface area contributed by atoms with Crippen molar-refractivity contribution in [2.24, 2.45) is 0 Å². The lowest BCUT2D eigenvalue weighted by molar-refractivity contribution is 0.205. The molecule has 0 aliphatic carbocycles. The zero-order valence-electron chi connectivity index (χ0n) is 14.0. The van der Waals surface area contributed by atoms with Crippen LogP contribution in [0, 0.1) is 12.7 Å². The number of urea groups is 1. The molecule has 3 rings (SSSR count). The van der Waals surface area contributed by atoms with Gasteiger partial charge in [0.15, 0.2) is 0 Å². The zero-order valence-corrected chi connectivity index (χ0v) is 14.0. The summed E-state index contributed by atoms with van der Waals surface area (Å²) in [6.45, 7) is 2.81. The van der Waals surface area contributed by atoms with E-state index in [0.29, 0.717) is 19.5 Å². The highest BCUT2D eigenvalue weighted by molar-refractivity contribution is 5.89. The summed E-state index contributed by atoms with van der Waals surface area (Å²) < 4.78 is 13.7. The number of hydrogen-bond acceptors (Lipinski definition) is 4. The van der Waals surface area contributed by atoms with Crippen molar-refractivity contribution in [2.45, 2.75) is 19.9 Å². The summed E-state index contributed by atoms with van der Waals surface area (Å²) in [5, 5.41) is 2.63. The molecule has 0 bridgehead atoms. The first-order valence-corrected chi connectivity index (χ1v) is 7.80. The van der Waals surface area contributed by atoms with E-state index in [1.165, 1.54) is 6.07 Å². The summed E-state index contributed by atoms with van der Waals surface area (Å²) in [4.78, 5) is 25.0. The number of rotatable bonds is 2. The number of nitrogens with one attached hydrogen (secondary N) is 1. The number of benzene rings is 1. The van der Waals surface area contributed by atoms with E-state index in [9.17, 15) is 9.18 Å². The number of aryl methyl sites for hydroxylation is 1. The molecule has 0 unspecified atom stereocenters. The molecule has 0 saturated carbocycles. The fraction of sp³-hybridized carbons (Fsp3) is 0.353. The van der Waals surface area contributed by atoms with Gasteiger partial charge >= 0.3 is 6.03 Å². The predicted octanol–water partition coefficient (Wildman–Crippen LogP) is 2.58. The number of amides is 2. The van der Waals surface area contributed by atoms with Gasteiger partial charge in [-0.25, -0.2) is 19.2 Å². The molecule has 2 aromatic rings. The van der Waals surface area contributed by atoms with Gasteiger partial charge in [-0.2, -0.15) is 0 Å². The highest BCUT2D eigenvalue weighted by atomic mass is 19.1. The van der Waals surface area contributed by atoms with Crippen LogP contribution >= 0.6 is 0 Å². The van der Waals surface area contributed by atoms with E-state index in [2.05, 4.69) is 15.3 Å². The average molecular weight is 329 g/mol. The number of nitrogens with zero attached hydrogens (tertiary/aromatic N) is 4. The Morgan fingerprint density at radius 2 is 2.04 bits per heavy atom. The molecule has 7 heteroatoms. The van der Waals surface area contributed by atoms with E-state index >= 15 is 0 Å². The molecule has 0 saturated heterocycles. The van der Waals surface area contributed by atoms with Gasteiger partial charge in [-0.15, -0.1) is 0 Å². The SMILES string of the molecule is Cc1nc2c(c(N(C)C)n1)CN(C(=O)Nc1ccccc1F)CC2. The molecule has 1 aromatic heterocycles. The van der Waals surface area contributed by atoms with Gasteiger partial charge in [0.25, 0.3) is 0 Å². The smallest absolute Gasteiger partial charge is 0.322 e. The second kappa shape index (κ2) is 6.43. The third-order valence-electron chi connectivity index (χ3n) is 3.98. The van der Waals surface area contributed by atoms with Gasteiger partial charge in [-0.05, 0) is 19.1 Å². The van der Waals surface area contributed by atoms with Crippen LogP contribution in [-0.2, 0) is 13.0 Å². The average Bonchev–Trinajstić information content (AvgIpc) is 2.55. The monoisotopic (exact) mass is 329 g/mol. The Labute approximate surface area is 140 Å². The molecular formula is C17H20FN5O. The Morgan fingerprint density at radius 3 is 2.75 bits per heavy atom. The van der Waals surface area contributed by atoms with Crippen LogP contribution in [0.4, 0.5) is 20.7 Å². The Balaban J connectivity index is 1.82. The quantitative estimate of drug-likeness (QED) is 0.920. The maximum absolute atomic E-state index is 13.7. The van der Waals surface area contributed by atoms with E-state index in [-0.39, 0.29) is 11.7 Å². The molecule has 1 aromatic carbocycles. The molecule has 0 atom stereocenters. The van der Waals surface area contributed by atoms with Crippen LogP contribution in [-0.4, -0.2) is 41.5 Å². The minimum absolute atomic E-state index is 0.182. The van der Waals surface area contributed by atoms with Crippen molar-refractivity contribution < 1.29 is 9.18 Å². The number of fused-ring (bicyclic) bond motifs is 1. The fourth-order valence-corrected chi connectivity index (χ4v) is 2.82. The first-order chi connectivity index (χ1) is 11.5. The van der Waals surface area contributed by atoms with Gasteiger partial charge in [-0.3, -0.25) is 0 Å². The predicted molar refractivity (Wildman–Crippen MR) is 90.6 cm³/mol. The Kier molecular flexibility index (Phi) is 4.33. The largest absolute Gasteiger partial charge is 0.362 e. The van der Waals surface area contributed by atoms with Crippen LogP contribution in [0.15, 0.2) is 24.3 Å². The third-order valence-corrected chi connectivity index (χ3v) is 3.98. The number of anilines is 2. The molecular weight excluding hydrogens is 309 g/mol. The van der Waals surface area contributed by atoms with Crippen molar-refractivity contribution in [3.8, 4) is 0 Å². The minimum Gasteiger partial charge on any atom is -0.362 e. The van der Waals surface area contributed by atoms with Gasteiger partial charge in [0.1, 0.15) is 17.5 Å². The number of carbonyl (C=O) groups is 1. The number of para-hydroxylation sites is 1. The first kappa shape index (κ1) is 16.2. The molecule has 0 radical (unpaired) electrons. The first-order valence-electron chi connectivity index (χ1n) is 7.80. The van der Waals surface area contributed by atoms with Crippen LogP contribution in [0.2, 0.25) is 0 Å². The summed E-state index contributed by atoms with van der Waals surface area (Å²) in [5.74, 6) is 1.10. The number of carbonyl (C=O) groups excluding carboxylic acids is 1. The second-order valence-electron chi connectivity index (χ2n) is 6.00. The molecule has 6 nitrogen and oxygen atoms in total. The molecule has 24 heavy (non-hydrogen) atoms.